The van der Waals surface area contributed by atoms with Gasteiger partial charge < -0.3 is 10.6 Å². The first-order chi connectivity index (χ1) is 13.6. The molecule has 0 radical (unpaired) electrons. The number of hydrogen-bond acceptors (Lipinski definition) is 5. The Kier molecular flexibility index (Phi) is 5.55. The lowest BCUT2D eigenvalue weighted by atomic mass is 10.1. The zero-order valence-electron chi connectivity index (χ0n) is 14.5. The summed E-state index contributed by atoms with van der Waals surface area (Å²) in [6.07, 6.45) is -3.26. The maximum atomic E-state index is 12.8. The molecule has 0 spiro atoms. The number of halogens is 4. The van der Waals surface area contributed by atoms with Crippen molar-refractivity contribution in [2.24, 2.45) is 4.99 Å². The van der Waals surface area contributed by atoms with Crippen molar-refractivity contribution in [2.75, 3.05) is 6.54 Å². The lowest BCUT2D eigenvalue weighted by molar-refractivity contribution is -0.385. The summed E-state index contributed by atoms with van der Waals surface area (Å²) in [5, 5.41) is 16.5. The zero-order chi connectivity index (χ0) is 21.2. The van der Waals surface area contributed by atoms with E-state index < -0.39 is 28.3 Å². The summed E-state index contributed by atoms with van der Waals surface area (Å²) in [5.74, 6) is -0.643. The monoisotopic (exact) mass is 424 g/mol. The van der Waals surface area contributed by atoms with Gasteiger partial charge in [-0.15, -0.1) is 0 Å². The Morgan fingerprint density at radius 3 is 2.62 bits per heavy atom. The first-order valence-corrected chi connectivity index (χ1v) is 8.46. The highest BCUT2D eigenvalue weighted by Gasteiger charge is 2.30. The number of nitro groups is 1. The normalized spacial score (nSPS) is 13.8. The first kappa shape index (κ1) is 20.3. The van der Waals surface area contributed by atoms with E-state index in [0.29, 0.717) is 5.71 Å². The number of benzene rings is 2. The van der Waals surface area contributed by atoms with Gasteiger partial charge in [-0.05, 0) is 29.8 Å². The molecule has 1 aliphatic rings. The number of nitrogens with one attached hydrogen (secondary N) is 2. The number of carbonyl (C=O) groups excluding carboxylic acids is 1. The van der Waals surface area contributed by atoms with E-state index in [4.69, 9.17) is 11.6 Å². The van der Waals surface area contributed by atoms with Crippen molar-refractivity contribution >= 4 is 28.9 Å². The topological polar surface area (TPSA) is 96.6 Å². The van der Waals surface area contributed by atoms with Gasteiger partial charge in [0.2, 0.25) is 0 Å². The summed E-state index contributed by atoms with van der Waals surface area (Å²) in [5.41, 5.74) is -0.842. The molecule has 11 heteroatoms. The smallest absolute Gasteiger partial charge is 0.365 e. The van der Waals surface area contributed by atoms with Gasteiger partial charge in [-0.25, -0.2) is 0 Å². The van der Waals surface area contributed by atoms with Crippen LogP contribution in [0, 0.1) is 10.1 Å². The predicted molar refractivity (Wildman–Crippen MR) is 99.6 cm³/mol. The molecule has 29 heavy (non-hydrogen) atoms. The summed E-state index contributed by atoms with van der Waals surface area (Å²) < 4.78 is 38.5. The average molecular weight is 425 g/mol. The lowest BCUT2D eigenvalue weighted by Crippen LogP contribution is -2.36. The molecule has 1 aliphatic heterocycles. The Hall–Kier alpha value is -3.40. The Morgan fingerprint density at radius 1 is 1.24 bits per heavy atom. The highest BCUT2D eigenvalue weighted by atomic mass is 35.5. The fourth-order valence-corrected chi connectivity index (χ4v) is 2.75. The number of nitro benzene ring substituents is 1. The van der Waals surface area contributed by atoms with Crippen LogP contribution in [0.15, 0.2) is 59.5 Å². The van der Waals surface area contributed by atoms with Crippen molar-refractivity contribution in [3.8, 4) is 0 Å². The van der Waals surface area contributed by atoms with Gasteiger partial charge in [0.25, 0.3) is 11.6 Å². The summed E-state index contributed by atoms with van der Waals surface area (Å²) >= 11 is 5.81. The maximum absolute atomic E-state index is 12.8. The lowest BCUT2D eigenvalue weighted by Gasteiger charge is -2.18. The molecule has 1 amide bonds. The Labute approximate surface area is 167 Å². The van der Waals surface area contributed by atoms with Crippen LogP contribution in [0.2, 0.25) is 5.02 Å². The van der Waals surface area contributed by atoms with E-state index in [2.05, 4.69) is 15.6 Å². The summed E-state index contributed by atoms with van der Waals surface area (Å²) in [4.78, 5) is 26.8. The molecule has 0 atom stereocenters. The number of aliphatic imine (C=N–C) groups is 1. The van der Waals surface area contributed by atoms with E-state index >= 15 is 0 Å². The van der Waals surface area contributed by atoms with E-state index in [0.717, 1.165) is 24.3 Å². The van der Waals surface area contributed by atoms with Crippen molar-refractivity contribution in [3.05, 3.63) is 86.3 Å². The van der Waals surface area contributed by atoms with Gasteiger partial charge in [-0.2, -0.15) is 13.2 Å². The molecule has 0 aromatic heterocycles. The van der Waals surface area contributed by atoms with Gasteiger partial charge in [-0.3, -0.25) is 19.9 Å². The predicted octanol–water partition coefficient (Wildman–Crippen LogP) is 3.89. The third-order valence-electron chi connectivity index (χ3n) is 3.97. The molecule has 150 valence electrons. The van der Waals surface area contributed by atoms with Gasteiger partial charge in [0.15, 0.2) is 0 Å². The Bertz CT molecular complexity index is 1050. The van der Waals surface area contributed by atoms with Crippen LogP contribution in [0.1, 0.15) is 21.5 Å². The standard InChI is InChI=1S/C18H12ClF3N4O3/c19-12-4-5-15(26(28)29)13(7-12)17(27)25-16-9-23-14(8-24-16)10-2-1-3-11(6-10)18(20,21)22/h1-7,9,24H,8H2,(H,25,27). The number of amides is 1. The van der Waals surface area contributed by atoms with Gasteiger partial charge in [-0.1, -0.05) is 23.7 Å². The molecule has 0 saturated heterocycles. The van der Waals surface area contributed by atoms with Gasteiger partial charge in [0, 0.05) is 11.1 Å². The molecule has 2 aromatic rings. The minimum Gasteiger partial charge on any atom is -0.365 e. The van der Waals surface area contributed by atoms with Crippen LogP contribution in [-0.4, -0.2) is 23.1 Å². The van der Waals surface area contributed by atoms with Gasteiger partial charge in [0.1, 0.15) is 11.4 Å². The van der Waals surface area contributed by atoms with Crippen molar-refractivity contribution in [3.63, 3.8) is 0 Å². The van der Waals surface area contributed by atoms with Crippen LogP contribution in [0.25, 0.3) is 0 Å². The van der Waals surface area contributed by atoms with E-state index in [1.54, 1.807) is 0 Å². The molecule has 1 heterocycles. The SMILES string of the molecule is O=C(NC1=CN=C(c2cccc(C(F)(F)F)c2)CN1)c1cc(Cl)ccc1[N+](=O)[O-]. The number of nitrogens with zero attached hydrogens (tertiary/aromatic N) is 2. The minimum absolute atomic E-state index is 0.0467. The summed E-state index contributed by atoms with van der Waals surface area (Å²) in [6.45, 7) is 0.0467. The molecule has 0 unspecified atom stereocenters. The van der Waals surface area contributed by atoms with E-state index in [-0.39, 0.29) is 28.5 Å². The molecular formula is C18H12ClF3N4O3. The van der Waals surface area contributed by atoms with Gasteiger partial charge in [0.05, 0.1) is 28.9 Å². The molecular weight excluding hydrogens is 413 g/mol. The molecule has 0 bridgehead atoms. The third kappa shape index (κ3) is 4.72. The second-order valence-electron chi connectivity index (χ2n) is 5.92. The zero-order valence-corrected chi connectivity index (χ0v) is 15.2. The van der Waals surface area contributed by atoms with Gasteiger partial charge >= 0.3 is 6.18 Å². The Morgan fingerprint density at radius 2 is 2.00 bits per heavy atom. The second-order valence-corrected chi connectivity index (χ2v) is 6.36. The molecule has 0 aliphatic carbocycles. The minimum atomic E-state index is -4.47. The van der Waals surface area contributed by atoms with Crippen LogP contribution in [0.5, 0.6) is 0 Å². The van der Waals surface area contributed by atoms with E-state index in [1.165, 1.54) is 24.4 Å². The van der Waals surface area contributed by atoms with E-state index in [9.17, 15) is 28.1 Å². The number of rotatable bonds is 4. The first-order valence-electron chi connectivity index (χ1n) is 8.09. The number of alkyl halides is 3. The second kappa shape index (κ2) is 7.92. The largest absolute Gasteiger partial charge is 0.416 e. The maximum Gasteiger partial charge on any atom is 0.416 e. The molecule has 3 rings (SSSR count). The molecule has 0 fully saturated rings. The fraction of sp³-hybridized carbons (Fsp3) is 0.111. The van der Waals surface area contributed by atoms with Crippen LogP contribution < -0.4 is 10.6 Å². The molecule has 0 saturated carbocycles. The van der Waals surface area contributed by atoms with Crippen LogP contribution in [0.3, 0.4) is 0 Å². The van der Waals surface area contributed by atoms with Crippen LogP contribution >= 0.6 is 11.6 Å². The van der Waals surface area contributed by atoms with Crippen LogP contribution in [-0.2, 0) is 6.18 Å². The fourth-order valence-electron chi connectivity index (χ4n) is 2.58. The molecule has 2 N–H and O–H groups in total. The molecule has 2 aromatic carbocycles. The molecule has 7 nitrogen and oxygen atoms in total. The highest BCUT2D eigenvalue weighted by Crippen LogP contribution is 2.29. The van der Waals surface area contributed by atoms with E-state index in [1.807, 2.05) is 0 Å². The highest BCUT2D eigenvalue weighted by molar-refractivity contribution is 6.31. The van der Waals surface area contributed by atoms with Crippen molar-refractivity contribution in [1.29, 1.82) is 0 Å². The Balaban J connectivity index is 1.80. The number of hydrogen-bond donors (Lipinski definition) is 2. The third-order valence-corrected chi connectivity index (χ3v) is 4.20. The summed E-state index contributed by atoms with van der Waals surface area (Å²) in [6, 6.07) is 8.27. The van der Waals surface area contributed by atoms with Crippen molar-refractivity contribution < 1.29 is 22.9 Å². The quantitative estimate of drug-likeness (QED) is 0.575. The van der Waals surface area contributed by atoms with Crippen LogP contribution in [0.4, 0.5) is 18.9 Å². The number of carbonyl (C=O) groups is 1. The average Bonchev–Trinajstić information content (AvgIpc) is 2.67. The van der Waals surface area contributed by atoms with Crippen molar-refractivity contribution in [2.45, 2.75) is 6.18 Å². The summed E-state index contributed by atoms with van der Waals surface area (Å²) in [7, 11) is 0. The van der Waals surface area contributed by atoms with Crippen molar-refractivity contribution in [1.82, 2.24) is 10.6 Å².